The van der Waals surface area contributed by atoms with Crippen LogP contribution in [0.1, 0.15) is 11.5 Å². The van der Waals surface area contributed by atoms with Gasteiger partial charge in [-0.05, 0) is 6.92 Å². The van der Waals surface area contributed by atoms with E-state index in [1.807, 2.05) is 0 Å². The molecule has 150 valence electrons. The predicted molar refractivity (Wildman–Crippen MR) is 88.4 cm³/mol. The second-order valence-corrected chi connectivity index (χ2v) is 7.83. The van der Waals surface area contributed by atoms with Crippen LogP contribution in [0.15, 0.2) is 26.0 Å². The summed E-state index contributed by atoms with van der Waals surface area (Å²) in [5, 5.41) is 6.50. The number of alkyl halides is 3. The average molecular weight is 408 g/mol. The van der Waals surface area contributed by atoms with Gasteiger partial charge in [0.05, 0.1) is 0 Å². The second kappa shape index (κ2) is 7.62. The number of aromatic nitrogens is 1. The molecule has 27 heavy (non-hydrogen) atoms. The van der Waals surface area contributed by atoms with Gasteiger partial charge in [0, 0.05) is 51.4 Å². The summed E-state index contributed by atoms with van der Waals surface area (Å²) in [7, 11) is -3.87. The Morgan fingerprint density at radius 1 is 1.30 bits per heavy atom. The molecule has 1 aliphatic rings. The van der Waals surface area contributed by atoms with Crippen LogP contribution in [0.25, 0.3) is 11.5 Å². The Bertz CT molecular complexity index is 885. The molecule has 3 heterocycles. The molecular formula is C15H19F3N4O4S. The highest BCUT2D eigenvalue weighted by Crippen LogP contribution is 2.34. The molecule has 0 radical (unpaired) electrons. The van der Waals surface area contributed by atoms with Gasteiger partial charge < -0.3 is 14.3 Å². The average Bonchev–Trinajstić information content (AvgIpc) is 3.22. The molecule has 2 N–H and O–H groups in total. The van der Waals surface area contributed by atoms with Gasteiger partial charge >= 0.3 is 6.18 Å². The highest BCUT2D eigenvalue weighted by atomic mass is 32.2. The fraction of sp³-hybridized carbons (Fsp3) is 0.533. The van der Waals surface area contributed by atoms with E-state index in [4.69, 9.17) is 4.42 Å². The minimum Gasteiger partial charge on any atom is -0.458 e. The van der Waals surface area contributed by atoms with Crippen LogP contribution in [0.5, 0.6) is 0 Å². The van der Waals surface area contributed by atoms with E-state index in [1.54, 1.807) is 0 Å². The van der Waals surface area contributed by atoms with Gasteiger partial charge in [-0.15, -0.1) is 0 Å². The number of hydrogen-bond acceptors (Lipinski definition) is 7. The normalized spacial score (nSPS) is 16.7. The van der Waals surface area contributed by atoms with E-state index < -0.39 is 22.0 Å². The fourth-order valence-corrected chi connectivity index (χ4v) is 3.93. The SMILES string of the molecule is Cc1oc(-c2cc(C(F)(F)F)on2)cc1S(=O)(=O)NCCN1CCNCC1. The summed E-state index contributed by atoms with van der Waals surface area (Å²) in [5.74, 6) is -1.35. The van der Waals surface area contributed by atoms with Gasteiger partial charge in [-0.2, -0.15) is 13.2 Å². The smallest absolute Gasteiger partial charge is 0.452 e. The molecule has 2 aromatic heterocycles. The number of halogens is 3. The van der Waals surface area contributed by atoms with Gasteiger partial charge in [0.2, 0.25) is 15.8 Å². The Kier molecular flexibility index (Phi) is 5.60. The first-order chi connectivity index (χ1) is 12.7. The van der Waals surface area contributed by atoms with E-state index in [9.17, 15) is 21.6 Å². The molecule has 1 aliphatic heterocycles. The van der Waals surface area contributed by atoms with Crippen molar-refractivity contribution < 1.29 is 30.5 Å². The van der Waals surface area contributed by atoms with Crippen LogP contribution < -0.4 is 10.0 Å². The Morgan fingerprint density at radius 2 is 2.00 bits per heavy atom. The number of furan rings is 1. The quantitative estimate of drug-likeness (QED) is 0.746. The van der Waals surface area contributed by atoms with E-state index in [0.717, 1.165) is 32.2 Å². The predicted octanol–water partition coefficient (Wildman–Crippen LogP) is 1.45. The molecule has 0 unspecified atom stereocenters. The molecule has 0 spiro atoms. The molecule has 1 saturated heterocycles. The number of piperazine rings is 1. The summed E-state index contributed by atoms with van der Waals surface area (Å²) in [6, 6.07) is 1.80. The van der Waals surface area contributed by atoms with Crippen molar-refractivity contribution >= 4 is 10.0 Å². The molecule has 0 aliphatic carbocycles. The van der Waals surface area contributed by atoms with Gasteiger partial charge in [0.1, 0.15) is 16.3 Å². The Balaban J connectivity index is 1.70. The Labute approximate surface area is 153 Å². The van der Waals surface area contributed by atoms with E-state index in [0.29, 0.717) is 12.6 Å². The zero-order valence-electron chi connectivity index (χ0n) is 14.5. The molecular weight excluding hydrogens is 389 g/mol. The van der Waals surface area contributed by atoms with Crippen molar-refractivity contribution in [3.05, 3.63) is 23.7 Å². The number of aryl methyl sites for hydroxylation is 1. The molecule has 0 atom stereocenters. The molecule has 3 rings (SSSR count). The maximum absolute atomic E-state index is 12.6. The summed E-state index contributed by atoms with van der Waals surface area (Å²) < 4.78 is 74.8. The summed E-state index contributed by atoms with van der Waals surface area (Å²) in [4.78, 5) is 1.98. The third-order valence-electron chi connectivity index (χ3n) is 4.13. The van der Waals surface area contributed by atoms with Gasteiger partial charge in [-0.3, -0.25) is 4.90 Å². The zero-order chi connectivity index (χ0) is 19.7. The number of nitrogens with zero attached hydrogens (tertiary/aromatic N) is 2. The largest absolute Gasteiger partial charge is 0.458 e. The lowest BCUT2D eigenvalue weighted by Gasteiger charge is -2.26. The van der Waals surface area contributed by atoms with Crippen molar-refractivity contribution in [2.24, 2.45) is 0 Å². The summed E-state index contributed by atoms with van der Waals surface area (Å²) in [5.41, 5.74) is -0.229. The summed E-state index contributed by atoms with van der Waals surface area (Å²) in [6.45, 7) is 5.57. The Morgan fingerprint density at radius 3 is 2.63 bits per heavy atom. The Hall–Kier alpha value is -1.89. The summed E-state index contributed by atoms with van der Waals surface area (Å²) >= 11 is 0. The lowest BCUT2D eigenvalue weighted by molar-refractivity contribution is -0.155. The maximum Gasteiger partial charge on any atom is 0.452 e. The van der Waals surface area contributed by atoms with Crippen molar-refractivity contribution in [2.75, 3.05) is 39.3 Å². The number of rotatable bonds is 6. The number of sulfonamides is 1. The van der Waals surface area contributed by atoms with Crippen molar-refractivity contribution in [1.29, 1.82) is 0 Å². The zero-order valence-corrected chi connectivity index (χ0v) is 15.3. The van der Waals surface area contributed by atoms with Crippen LogP contribution in [0.3, 0.4) is 0 Å². The molecule has 0 amide bonds. The molecule has 12 heteroatoms. The third kappa shape index (κ3) is 4.69. The number of nitrogens with one attached hydrogen (secondary N) is 2. The topological polar surface area (TPSA) is 101 Å². The van der Waals surface area contributed by atoms with Crippen LogP contribution in [0, 0.1) is 6.92 Å². The standard InChI is InChI=1S/C15H19F3N4O4S/c1-10-13(27(23,24)20-4-7-22-5-2-19-3-6-22)9-12(25-10)11-8-14(26-21-11)15(16,17)18/h8-9,19-20H,2-7H2,1H3. The molecule has 0 bridgehead atoms. The van der Waals surface area contributed by atoms with E-state index in [2.05, 4.69) is 24.6 Å². The minimum atomic E-state index is -4.69. The molecule has 8 nitrogen and oxygen atoms in total. The monoisotopic (exact) mass is 408 g/mol. The van der Waals surface area contributed by atoms with Crippen molar-refractivity contribution in [2.45, 2.75) is 18.0 Å². The van der Waals surface area contributed by atoms with E-state index in [-0.39, 0.29) is 28.7 Å². The van der Waals surface area contributed by atoms with E-state index >= 15 is 0 Å². The van der Waals surface area contributed by atoms with Crippen molar-refractivity contribution in [3.63, 3.8) is 0 Å². The lowest BCUT2D eigenvalue weighted by atomic mass is 10.3. The van der Waals surface area contributed by atoms with Gasteiger partial charge in [-0.25, -0.2) is 13.1 Å². The molecule has 0 saturated carbocycles. The molecule has 1 fully saturated rings. The van der Waals surface area contributed by atoms with Gasteiger partial charge in [0.15, 0.2) is 5.76 Å². The van der Waals surface area contributed by atoms with Gasteiger partial charge in [-0.1, -0.05) is 5.16 Å². The molecule has 0 aromatic carbocycles. The first-order valence-corrected chi connectivity index (χ1v) is 9.72. The van der Waals surface area contributed by atoms with Gasteiger partial charge in [0.25, 0.3) is 0 Å². The highest BCUT2D eigenvalue weighted by molar-refractivity contribution is 7.89. The van der Waals surface area contributed by atoms with Crippen molar-refractivity contribution in [1.82, 2.24) is 20.1 Å². The van der Waals surface area contributed by atoms with Crippen LogP contribution in [-0.4, -0.2) is 57.7 Å². The highest BCUT2D eigenvalue weighted by Gasteiger charge is 2.36. The number of hydrogen-bond donors (Lipinski definition) is 2. The summed E-state index contributed by atoms with van der Waals surface area (Å²) in [6.07, 6.45) is -4.69. The molecule has 2 aromatic rings. The van der Waals surface area contributed by atoms with E-state index in [1.165, 1.54) is 6.92 Å². The van der Waals surface area contributed by atoms with Crippen molar-refractivity contribution in [3.8, 4) is 11.5 Å². The first-order valence-electron chi connectivity index (χ1n) is 8.24. The first kappa shape index (κ1) is 19.9. The third-order valence-corrected chi connectivity index (χ3v) is 5.70. The van der Waals surface area contributed by atoms with Crippen LogP contribution in [-0.2, 0) is 16.2 Å². The minimum absolute atomic E-state index is 0.0521. The van der Waals surface area contributed by atoms with Crippen LogP contribution in [0.4, 0.5) is 13.2 Å². The maximum atomic E-state index is 12.6. The lowest BCUT2D eigenvalue weighted by Crippen LogP contribution is -2.46. The fourth-order valence-electron chi connectivity index (χ4n) is 2.73. The van der Waals surface area contributed by atoms with Crippen LogP contribution >= 0.6 is 0 Å². The second-order valence-electron chi connectivity index (χ2n) is 6.09. The van der Waals surface area contributed by atoms with Crippen LogP contribution in [0.2, 0.25) is 0 Å².